The Morgan fingerprint density at radius 1 is 1.03 bits per heavy atom. The van der Waals surface area contributed by atoms with Gasteiger partial charge >= 0.3 is 0 Å². The minimum Gasteiger partial charge on any atom is -0.490 e. The van der Waals surface area contributed by atoms with Gasteiger partial charge in [-0.2, -0.15) is 0 Å². The van der Waals surface area contributed by atoms with Crippen molar-refractivity contribution < 1.29 is 33.3 Å². The zero-order chi connectivity index (χ0) is 25.2. The van der Waals surface area contributed by atoms with Gasteiger partial charge in [0, 0.05) is 24.8 Å². The number of benzene rings is 2. The molecule has 0 radical (unpaired) electrons. The van der Waals surface area contributed by atoms with Crippen molar-refractivity contribution in [2.24, 2.45) is 0 Å². The topological polar surface area (TPSA) is 115 Å². The number of likely N-dealkylation sites (N-methyl/N-ethyl adjacent to an activating group) is 1. The normalized spacial score (nSPS) is 22.4. The van der Waals surface area contributed by atoms with E-state index in [0.29, 0.717) is 53.4 Å². The summed E-state index contributed by atoms with van der Waals surface area (Å²) in [5.41, 5.74) is 1.25. The molecule has 3 aliphatic heterocycles. The smallest absolute Gasteiger partial charge is 0.257 e. The van der Waals surface area contributed by atoms with E-state index in [-0.39, 0.29) is 55.8 Å². The third-order valence-electron chi connectivity index (χ3n) is 6.69. The molecule has 190 valence electrons. The van der Waals surface area contributed by atoms with Crippen LogP contribution in [0, 0.1) is 0 Å². The lowest BCUT2D eigenvalue weighted by Gasteiger charge is -2.42. The van der Waals surface area contributed by atoms with Crippen LogP contribution in [-0.2, 0) is 9.53 Å². The molecular formula is C26H29N3O7. The summed E-state index contributed by atoms with van der Waals surface area (Å²) >= 11 is 0. The fourth-order valence-corrected chi connectivity index (χ4v) is 4.82. The highest BCUT2D eigenvalue weighted by molar-refractivity contribution is 6.06. The van der Waals surface area contributed by atoms with Gasteiger partial charge in [-0.1, -0.05) is 0 Å². The fourth-order valence-electron chi connectivity index (χ4n) is 4.82. The zero-order valence-corrected chi connectivity index (χ0v) is 20.2. The molecule has 0 saturated carbocycles. The van der Waals surface area contributed by atoms with Crippen LogP contribution in [0.3, 0.4) is 0 Å². The van der Waals surface area contributed by atoms with E-state index in [9.17, 15) is 14.4 Å². The maximum Gasteiger partial charge on any atom is 0.257 e. The molecule has 10 nitrogen and oxygen atoms in total. The van der Waals surface area contributed by atoms with Crippen molar-refractivity contribution in [3.05, 3.63) is 47.5 Å². The molecule has 5 rings (SSSR count). The Kier molecular flexibility index (Phi) is 6.69. The number of amides is 3. The number of hydrogen-bond donors (Lipinski definition) is 2. The van der Waals surface area contributed by atoms with Crippen LogP contribution in [0.1, 0.15) is 46.9 Å². The molecule has 2 aromatic carbocycles. The van der Waals surface area contributed by atoms with Gasteiger partial charge in [-0.05, 0) is 56.2 Å². The SMILES string of the molecule is CCNC(=O)C[C@@H]1CC[C@@H]2[C@@H](COc3ccc(NC(=O)c4ccc5c(c4)OCO5)cc3C(=O)N2C)O1. The molecule has 3 heterocycles. The molecule has 0 unspecified atom stereocenters. The first-order chi connectivity index (χ1) is 17.4. The Balaban J connectivity index is 1.30. The average Bonchev–Trinajstić information content (AvgIpc) is 3.35. The molecule has 2 aromatic rings. The molecule has 2 N–H and O–H groups in total. The van der Waals surface area contributed by atoms with Crippen LogP contribution in [0.2, 0.25) is 0 Å². The zero-order valence-electron chi connectivity index (χ0n) is 20.2. The Morgan fingerprint density at radius 2 is 1.83 bits per heavy atom. The number of ether oxygens (including phenoxy) is 4. The second kappa shape index (κ2) is 10.1. The van der Waals surface area contributed by atoms with Gasteiger partial charge in [0.25, 0.3) is 11.8 Å². The first-order valence-corrected chi connectivity index (χ1v) is 12.1. The minimum atomic E-state index is -0.342. The third kappa shape index (κ3) is 4.81. The van der Waals surface area contributed by atoms with Crippen molar-refractivity contribution >= 4 is 23.4 Å². The van der Waals surface area contributed by atoms with Crippen molar-refractivity contribution in [2.75, 3.05) is 32.3 Å². The summed E-state index contributed by atoms with van der Waals surface area (Å²) in [7, 11) is 1.75. The van der Waals surface area contributed by atoms with Crippen molar-refractivity contribution in [3.63, 3.8) is 0 Å². The highest BCUT2D eigenvalue weighted by Gasteiger charge is 2.39. The predicted molar refractivity (Wildman–Crippen MR) is 130 cm³/mol. The molecule has 0 aromatic heterocycles. The van der Waals surface area contributed by atoms with Gasteiger partial charge in [0.1, 0.15) is 18.5 Å². The summed E-state index contributed by atoms with van der Waals surface area (Å²) in [5, 5.41) is 5.64. The highest BCUT2D eigenvalue weighted by atomic mass is 16.7. The van der Waals surface area contributed by atoms with Crippen LogP contribution in [0.25, 0.3) is 0 Å². The molecule has 1 fully saturated rings. The van der Waals surface area contributed by atoms with E-state index in [1.807, 2.05) is 6.92 Å². The minimum absolute atomic E-state index is 0.0437. The van der Waals surface area contributed by atoms with Crippen LogP contribution in [-0.4, -0.2) is 67.9 Å². The van der Waals surface area contributed by atoms with Crippen molar-refractivity contribution in [3.8, 4) is 17.2 Å². The predicted octanol–water partition coefficient (Wildman–Crippen LogP) is 2.57. The van der Waals surface area contributed by atoms with Gasteiger partial charge in [0.05, 0.1) is 24.1 Å². The summed E-state index contributed by atoms with van der Waals surface area (Å²) in [4.78, 5) is 39.9. The molecule has 0 bridgehead atoms. The molecule has 0 spiro atoms. The molecule has 3 aliphatic rings. The average molecular weight is 496 g/mol. The van der Waals surface area contributed by atoms with Crippen molar-refractivity contribution in [2.45, 2.75) is 44.4 Å². The van der Waals surface area contributed by atoms with Gasteiger partial charge in [-0.15, -0.1) is 0 Å². The van der Waals surface area contributed by atoms with Crippen LogP contribution >= 0.6 is 0 Å². The Morgan fingerprint density at radius 3 is 2.67 bits per heavy atom. The molecule has 36 heavy (non-hydrogen) atoms. The van der Waals surface area contributed by atoms with Gasteiger partial charge in [0.15, 0.2) is 11.5 Å². The Labute approximate surface area is 208 Å². The molecule has 3 atom stereocenters. The summed E-state index contributed by atoms with van der Waals surface area (Å²) in [6, 6.07) is 9.77. The number of rotatable bonds is 5. The first kappa shape index (κ1) is 23.9. The molecule has 10 heteroatoms. The van der Waals surface area contributed by atoms with Gasteiger partial charge in [0.2, 0.25) is 12.7 Å². The number of carbonyl (C=O) groups is 3. The molecule has 3 amide bonds. The van der Waals surface area contributed by atoms with E-state index in [1.54, 1.807) is 48.3 Å². The monoisotopic (exact) mass is 495 g/mol. The standard InChI is InChI=1S/C26H29N3O7/c1-3-27-24(30)12-17-6-7-19-23(36-17)13-33-20-9-5-16(11-18(20)26(32)29(19)2)28-25(31)15-4-8-21-22(10-15)35-14-34-21/h4-5,8-11,17,19,23H,3,6-7,12-14H2,1-2H3,(H,27,30)(H,28,31)/t17-,19+,23+/m0/s1. The second-order valence-electron chi connectivity index (χ2n) is 9.06. The number of fused-ring (bicyclic) bond motifs is 3. The number of nitrogens with zero attached hydrogens (tertiary/aromatic N) is 1. The van der Waals surface area contributed by atoms with Crippen LogP contribution in [0.4, 0.5) is 5.69 Å². The van der Waals surface area contributed by atoms with Crippen LogP contribution < -0.4 is 24.8 Å². The lowest BCUT2D eigenvalue weighted by molar-refractivity contribution is -0.133. The number of anilines is 1. The van der Waals surface area contributed by atoms with Gasteiger partial charge < -0.3 is 34.5 Å². The molecular weight excluding hydrogens is 466 g/mol. The van der Waals surface area contributed by atoms with Gasteiger partial charge in [-0.3, -0.25) is 14.4 Å². The number of hydrogen-bond acceptors (Lipinski definition) is 7. The molecule has 1 saturated heterocycles. The van der Waals surface area contributed by atoms with E-state index in [0.717, 1.165) is 0 Å². The summed E-state index contributed by atoms with van der Waals surface area (Å²) in [6.45, 7) is 2.84. The molecule has 0 aliphatic carbocycles. The Bertz CT molecular complexity index is 1180. The maximum atomic E-state index is 13.4. The van der Waals surface area contributed by atoms with E-state index in [2.05, 4.69) is 10.6 Å². The van der Waals surface area contributed by atoms with Crippen LogP contribution in [0.15, 0.2) is 36.4 Å². The van der Waals surface area contributed by atoms with E-state index < -0.39 is 0 Å². The van der Waals surface area contributed by atoms with Gasteiger partial charge in [-0.25, -0.2) is 0 Å². The number of nitrogens with one attached hydrogen (secondary N) is 2. The van der Waals surface area contributed by atoms with E-state index in [1.165, 1.54) is 0 Å². The third-order valence-corrected chi connectivity index (χ3v) is 6.69. The summed E-state index contributed by atoms with van der Waals surface area (Å²) < 4.78 is 22.8. The second-order valence-corrected chi connectivity index (χ2v) is 9.06. The van der Waals surface area contributed by atoms with Crippen molar-refractivity contribution in [1.82, 2.24) is 10.2 Å². The fraction of sp³-hybridized carbons (Fsp3) is 0.423. The summed E-state index contributed by atoms with van der Waals surface area (Å²) in [5.74, 6) is 0.936. The quantitative estimate of drug-likeness (QED) is 0.655. The lowest BCUT2D eigenvalue weighted by atomic mass is 9.94. The highest BCUT2D eigenvalue weighted by Crippen LogP contribution is 2.34. The largest absolute Gasteiger partial charge is 0.490 e. The summed E-state index contributed by atoms with van der Waals surface area (Å²) in [6.07, 6.45) is 1.12. The van der Waals surface area contributed by atoms with E-state index in [4.69, 9.17) is 18.9 Å². The maximum absolute atomic E-state index is 13.4. The van der Waals surface area contributed by atoms with Crippen LogP contribution in [0.5, 0.6) is 17.2 Å². The Hall–Kier alpha value is -3.79. The lowest BCUT2D eigenvalue weighted by Crippen LogP contribution is -2.54. The number of carbonyl (C=O) groups excluding carboxylic acids is 3. The van der Waals surface area contributed by atoms with Crippen molar-refractivity contribution in [1.29, 1.82) is 0 Å². The van der Waals surface area contributed by atoms with E-state index >= 15 is 0 Å². The first-order valence-electron chi connectivity index (χ1n) is 12.1.